The van der Waals surface area contributed by atoms with Crippen molar-refractivity contribution in [2.24, 2.45) is 0 Å². The van der Waals surface area contributed by atoms with E-state index in [1.807, 2.05) is 0 Å². The molecule has 0 saturated heterocycles. The molecule has 0 aliphatic rings. The van der Waals surface area contributed by atoms with E-state index in [1.54, 1.807) is 0 Å². The molecule has 1 atom stereocenters. The Hall–Kier alpha value is -1.01. The summed E-state index contributed by atoms with van der Waals surface area (Å²) in [5, 5.41) is 8.53. The lowest BCUT2D eigenvalue weighted by Crippen LogP contribution is -2.20. The molecule has 0 spiro atoms. The van der Waals surface area contributed by atoms with Gasteiger partial charge in [-0.1, -0.05) is 0 Å². The molecule has 6 heteroatoms. The van der Waals surface area contributed by atoms with E-state index in [2.05, 4.69) is 15.9 Å². The van der Waals surface area contributed by atoms with Crippen LogP contribution in [0.3, 0.4) is 0 Å². The van der Waals surface area contributed by atoms with Crippen molar-refractivity contribution in [3.8, 4) is 0 Å². The van der Waals surface area contributed by atoms with Gasteiger partial charge in [0.1, 0.15) is 11.6 Å². The second-order valence-corrected chi connectivity index (χ2v) is 3.97. The number of carbonyl (C=O) groups is 1. The standard InChI is InChI=1S/C10H9BrF2O3/c1-5(10(14)15)16-4-6-8(12)3-2-7(11)9(6)13/h2-3,5H,4H2,1H3,(H,14,15). The fraction of sp³-hybridized carbons (Fsp3) is 0.300. The second kappa shape index (κ2) is 5.36. The first-order chi connectivity index (χ1) is 7.43. The highest BCUT2D eigenvalue weighted by Crippen LogP contribution is 2.22. The summed E-state index contributed by atoms with van der Waals surface area (Å²) in [6.07, 6.45) is -1.11. The molecule has 1 aromatic carbocycles. The largest absolute Gasteiger partial charge is 0.479 e. The normalized spacial score (nSPS) is 12.5. The molecule has 1 aromatic rings. The first kappa shape index (κ1) is 13.1. The van der Waals surface area contributed by atoms with Crippen molar-refractivity contribution in [2.75, 3.05) is 0 Å². The van der Waals surface area contributed by atoms with Gasteiger partial charge in [0.05, 0.1) is 16.6 Å². The molecule has 1 rings (SSSR count). The number of aliphatic carboxylic acids is 1. The van der Waals surface area contributed by atoms with E-state index in [1.165, 1.54) is 13.0 Å². The van der Waals surface area contributed by atoms with Gasteiger partial charge in [-0.05, 0) is 35.0 Å². The molecule has 0 radical (unpaired) electrons. The molecule has 3 nitrogen and oxygen atoms in total. The van der Waals surface area contributed by atoms with Gasteiger partial charge in [0.2, 0.25) is 0 Å². The van der Waals surface area contributed by atoms with E-state index in [0.717, 1.165) is 6.07 Å². The van der Waals surface area contributed by atoms with Gasteiger partial charge in [-0.2, -0.15) is 0 Å². The Labute approximate surface area is 99.2 Å². The van der Waals surface area contributed by atoms with E-state index in [0.29, 0.717) is 0 Å². The highest BCUT2D eigenvalue weighted by molar-refractivity contribution is 9.10. The summed E-state index contributed by atoms with van der Waals surface area (Å²) in [5.41, 5.74) is -0.289. The highest BCUT2D eigenvalue weighted by Gasteiger charge is 2.16. The van der Waals surface area contributed by atoms with E-state index < -0.39 is 30.3 Å². The molecule has 0 heterocycles. The van der Waals surface area contributed by atoms with Crippen LogP contribution >= 0.6 is 15.9 Å². The summed E-state index contributed by atoms with van der Waals surface area (Å²) in [6, 6.07) is 2.31. The summed E-state index contributed by atoms with van der Waals surface area (Å²) in [6.45, 7) is 0.862. The smallest absolute Gasteiger partial charge is 0.332 e. The monoisotopic (exact) mass is 294 g/mol. The van der Waals surface area contributed by atoms with Crippen molar-refractivity contribution < 1.29 is 23.4 Å². The molecule has 0 aromatic heterocycles. The van der Waals surface area contributed by atoms with Crippen molar-refractivity contribution in [1.82, 2.24) is 0 Å². The average molecular weight is 295 g/mol. The summed E-state index contributed by atoms with van der Waals surface area (Å²) >= 11 is 2.90. The third-order valence-electron chi connectivity index (χ3n) is 1.96. The lowest BCUT2D eigenvalue weighted by molar-refractivity contribution is -0.150. The van der Waals surface area contributed by atoms with Gasteiger partial charge in [-0.15, -0.1) is 0 Å². The van der Waals surface area contributed by atoms with Gasteiger partial charge in [-0.25, -0.2) is 13.6 Å². The van der Waals surface area contributed by atoms with Gasteiger partial charge < -0.3 is 9.84 Å². The lowest BCUT2D eigenvalue weighted by atomic mass is 10.2. The fourth-order valence-corrected chi connectivity index (χ4v) is 1.35. The number of benzene rings is 1. The van der Waals surface area contributed by atoms with Crippen molar-refractivity contribution >= 4 is 21.9 Å². The minimum absolute atomic E-state index is 0.107. The van der Waals surface area contributed by atoms with Crippen LogP contribution in [0.15, 0.2) is 16.6 Å². The van der Waals surface area contributed by atoms with E-state index in [-0.39, 0.29) is 10.0 Å². The van der Waals surface area contributed by atoms with Crippen molar-refractivity contribution in [1.29, 1.82) is 0 Å². The van der Waals surface area contributed by atoms with Gasteiger partial charge in [0.25, 0.3) is 0 Å². The van der Waals surface area contributed by atoms with Gasteiger partial charge in [0, 0.05) is 0 Å². The Bertz CT molecular complexity index is 409. The van der Waals surface area contributed by atoms with Gasteiger partial charge in [0.15, 0.2) is 6.10 Å². The number of hydrogen-bond acceptors (Lipinski definition) is 2. The van der Waals surface area contributed by atoms with E-state index in [4.69, 9.17) is 9.84 Å². The predicted octanol–water partition coefficient (Wildman–Crippen LogP) is 2.72. The summed E-state index contributed by atoms with van der Waals surface area (Å²) in [5.74, 6) is -2.73. The molecule has 1 N–H and O–H groups in total. The molecule has 1 unspecified atom stereocenters. The zero-order valence-corrected chi connectivity index (χ0v) is 9.92. The van der Waals surface area contributed by atoms with E-state index >= 15 is 0 Å². The summed E-state index contributed by atoms with van der Waals surface area (Å²) < 4.78 is 31.5. The van der Waals surface area contributed by atoms with Crippen LogP contribution in [0.4, 0.5) is 8.78 Å². The Morgan fingerprint density at radius 1 is 1.56 bits per heavy atom. The molecule has 0 aliphatic heterocycles. The molecule has 88 valence electrons. The Morgan fingerprint density at radius 2 is 2.19 bits per heavy atom. The highest BCUT2D eigenvalue weighted by atomic mass is 79.9. The number of carboxylic acid groups (broad SMARTS) is 1. The van der Waals surface area contributed by atoms with Gasteiger partial charge >= 0.3 is 5.97 Å². The minimum Gasteiger partial charge on any atom is -0.479 e. The van der Waals surface area contributed by atoms with Crippen molar-refractivity contribution in [2.45, 2.75) is 19.6 Å². The van der Waals surface area contributed by atoms with Crippen LogP contribution in [-0.4, -0.2) is 17.2 Å². The van der Waals surface area contributed by atoms with Crippen LogP contribution in [0.25, 0.3) is 0 Å². The number of hydrogen-bond donors (Lipinski definition) is 1. The van der Waals surface area contributed by atoms with Crippen molar-refractivity contribution in [3.05, 3.63) is 33.8 Å². The SMILES string of the molecule is CC(OCc1c(F)ccc(Br)c1F)C(=O)O. The molecule has 0 fully saturated rings. The molecule has 0 aliphatic carbocycles. The quantitative estimate of drug-likeness (QED) is 0.869. The Morgan fingerprint density at radius 3 is 2.75 bits per heavy atom. The minimum atomic E-state index is -1.18. The molecule has 0 saturated carbocycles. The molecule has 0 amide bonds. The van der Waals surface area contributed by atoms with Crippen molar-refractivity contribution in [3.63, 3.8) is 0 Å². The number of ether oxygens (including phenoxy) is 1. The molecular weight excluding hydrogens is 286 g/mol. The first-order valence-corrected chi connectivity index (χ1v) is 5.19. The molecule has 16 heavy (non-hydrogen) atoms. The molecule has 0 bridgehead atoms. The van der Waals surface area contributed by atoms with Crippen LogP contribution < -0.4 is 0 Å². The molecular formula is C10H9BrF2O3. The predicted molar refractivity (Wildman–Crippen MR) is 55.9 cm³/mol. The third kappa shape index (κ3) is 2.99. The second-order valence-electron chi connectivity index (χ2n) is 3.11. The van der Waals surface area contributed by atoms with Crippen LogP contribution in [0.2, 0.25) is 0 Å². The number of rotatable bonds is 4. The number of carboxylic acids is 1. The Balaban J connectivity index is 2.81. The zero-order valence-electron chi connectivity index (χ0n) is 8.34. The fourth-order valence-electron chi connectivity index (χ4n) is 0.981. The van der Waals surface area contributed by atoms with Crippen LogP contribution in [0, 0.1) is 11.6 Å². The van der Waals surface area contributed by atoms with Crippen LogP contribution in [0.1, 0.15) is 12.5 Å². The zero-order chi connectivity index (χ0) is 12.3. The Kier molecular flexibility index (Phi) is 4.37. The third-order valence-corrected chi connectivity index (χ3v) is 2.58. The number of halogens is 3. The lowest BCUT2D eigenvalue weighted by Gasteiger charge is -2.10. The van der Waals surface area contributed by atoms with Gasteiger partial charge in [-0.3, -0.25) is 0 Å². The topological polar surface area (TPSA) is 46.5 Å². The first-order valence-electron chi connectivity index (χ1n) is 4.40. The summed E-state index contributed by atoms with van der Waals surface area (Å²) in [4.78, 5) is 10.4. The van der Waals surface area contributed by atoms with Crippen LogP contribution in [-0.2, 0) is 16.1 Å². The maximum atomic E-state index is 13.4. The average Bonchev–Trinajstić information content (AvgIpc) is 2.23. The summed E-state index contributed by atoms with van der Waals surface area (Å²) in [7, 11) is 0. The maximum absolute atomic E-state index is 13.4. The van der Waals surface area contributed by atoms with Crippen LogP contribution in [0.5, 0.6) is 0 Å². The maximum Gasteiger partial charge on any atom is 0.332 e. The van der Waals surface area contributed by atoms with E-state index in [9.17, 15) is 13.6 Å².